The van der Waals surface area contributed by atoms with Crippen molar-refractivity contribution in [3.05, 3.63) is 30.0 Å². The summed E-state index contributed by atoms with van der Waals surface area (Å²) < 4.78 is 16.2. The van der Waals surface area contributed by atoms with E-state index in [9.17, 15) is 9.59 Å². The molecule has 2 heterocycles. The van der Waals surface area contributed by atoms with E-state index in [4.69, 9.17) is 14.2 Å². The molecule has 2 atom stereocenters. The van der Waals surface area contributed by atoms with Crippen LogP contribution < -0.4 is 14.4 Å². The van der Waals surface area contributed by atoms with E-state index in [-0.39, 0.29) is 30.1 Å². The van der Waals surface area contributed by atoms with Crippen molar-refractivity contribution < 1.29 is 23.8 Å². The van der Waals surface area contributed by atoms with Crippen LogP contribution in [0.25, 0.3) is 0 Å². The third kappa shape index (κ3) is 3.71. The average molecular weight is 400 g/mol. The lowest BCUT2D eigenvalue weighted by molar-refractivity contribution is -0.123. The highest BCUT2D eigenvalue weighted by molar-refractivity contribution is 6.21. The number of methoxy groups -OCH3 is 2. The number of benzene rings is 1. The minimum Gasteiger partial charge on any atom is -0.497 e. The Balaban J connectivity index is 1.62. The van der Waals surface area contributed by atoms with Crippen LogP contribution in [0.15, 0.2) is 30.0 Å². The van der Waals surface area contributed by atoms with Crippen molar-refractivity contribution in [2.24, 2.45) is 11.8 Å². The molecule has 2 amide bonds. The second kappa shape index (κ2) is 8.45. The summed E-state index contributed by atoms with van der Waals surface area (Å²) in [4.78, 5) is 30.0. The Morgan fingerprint density at radius 2 is 1.86 bits per heavy atom. The van der Waals surface area contributed by atoms with Gasteiger partial charge in [0, 0.05) is 37.2 Å². The Hall–Kier alpha value is -2.54. The van der Waals surface area contributed by atoms with Crippen LogP contribution in [-0.2, 0) is 14.3 Å². The summed E-state index contributed by atoms with van der Waals surface area (Å²) in [6.45, 7) is 3.08. The van der Waals surface area contributed by atoms with E-state index in [0.29, 0.717) is 30.4 Å². The van der Waals surface area contributed by atoms with Crippen LogP contribution in [0.3, 0.4) is 0 Å². The molecule has 0 radical (unpaired) electrons. The first-order chi connectivity index (χ1) is 14.1. The van der Waals surface area contributed by atoms with E-state index >= 15 is 0 Å². The van der Waals surface area contributed by atoms with Crippen LogP contribution in [-0.4, -0.2) is 57.2 Å². The zero-order valence-electron chi connectivity index (χ0n) is 17.1. The summed E-state index contributed by atoms with van der Waals surface area (Å²) in [5.74, 6) is 0.468. The molecule has 4 rings (SSSR count). The van der Waals surface area contributed by atoms with Crippen LogP contribution in [0, 0.1) is 11.8 Å². The molecule has 0 saturated carbocycles. The van der Waals surface area contributed by atoms with Crippen molar-refractivity contribution in [2.45, 2.75) is 25.7 Å². The predicted molar refractivity (Wildman–Crippen MR) is 108 cm³/mol. The SMILES string of the molecule is COc1ccc(OC)c(N2C(=O)C[C@@H]([C@H]3CCCC=C3N3CCOCC3)C2=O)c1. The molecule has 1 aliphatic carbocycles. The number of nitrogens with zero attached hydrogens (tertiary/aromatic N) is 2. The standard InChI is InChI=1S/C22H28N2O5/c1-27-15-7-8-20(28-2)19(13-15)24-21(25)14-17(22(24)26)16-5-3-4-6-18(16)23-9-11-29-12-10-23/h6-8,13,16-17H,3-5,9-12,14H2,1-2H3/t16-,17+/m1/s1. The average Bonchev–Trinajstić information content (AvgIpc) is 3.07. The number of carbonyl (C=O) groups is 2. The van der Waals surface area contributed by atoms with Crippen LogP contribution in [0.2, 0.25) is 0 Å². The minimum absolute atomic E-state index is 0.0694. The van der Waals surface area contributed by atoms with Gasteiger partial charge in [0.25, 0.3) is 0 Å². The summed E-state index contributed by atoms with van der Waals surface area (Å²) in [5.41, 5.74) is 1.67. The number of ether oxygens (including phenoxy) is 3. The van der Waals surface area contributed by atoms with Gasteiger partial charge in [-0.05, 0) is 31.4 Å². The second-order valence-electron chi connectivity index (χ2n) is 7.68. The van der Waals surface area contributed by atoms with Crippen molar-refractivity contribution in [3.8, 4) is 11.5 Å². The van der Waals surface area contributed by atoms with Gasteiger partial charge in [-0.2, -0.15) is 0 Å². The van der Waals surface area contributed by atoms with Crippen molar-refractivity contribution in [2.75, 3.05) is 45.4 Å². The first-order valence-electron chi connectivity index (χ1n) is 10.3. The topological polar surface area (TPSA) is 68.3 Å². The number of hydrogen-bond acceptors (Lipinski definition) is 6. The number of anilines is 1. The fourth-order valence-electron chi connectivity index (χ4n) is 4.67. The van der Waals surface area contributed by atoms with Gasteiger partial charge in [0.1, 0.15) is 11.5 Å². The normalized spacial score (nSPS) is 25.2. The number of hydrogen-bond donors (Lipinski definition) is 0. The van der Waals surface area contributed by atoms with Crippen LogP contribution in [0.5, 0.6) is 11.5 Å². The van der Waals surface area contributed by atoms with Gasteiger partial charge in [-0.1, -0.05) is 6.08 Å². The number of amides is 2. The first kappa shape index (κ1) is 19.8. The van der Waals surface area contributed by atoms with Crippen molar-refractivity contribution >= 4 is 17.5 Å². The first-order valence-corrected chi connectivity index (χ1v) is 10.3. The van der Waals surface area contributed by atoms with E-state index in [1.165, 1.54) is 17.7 Å². The Labute approximate surface area is 171 Å². The largest absolute Gasteiger partial charge is 0.497 e. The molecule has 2 fully saturated rings. The van der Waals surface area contributed by atoms with E-state index in [2.05, 4.69) is 11.0 Å². The Bertz CT molecular complexity index is 815. The lowest BCUT2D eigenvalue weighted by Crippen LogP contribution is -2.41. The number of allylic oxidation sites excluding steroid dienone is 2. The maximum Gasteiger partial charge on any atom is 0.238 e. The molecule has 29 heavy (non-hydrogen) atoms. The molecular formula is C22H28N2O5. The molecule has 0 spiro atoms. The quantitative estimate of drug-likeness (QED) is 0.708. The smallest absolute Gasteiger partial charge is 0.238 e. The fourth-order valence-corrected chi connectivity index (χ4v) is 4.67. The number of imide groups is 1. The predicted octanol–water partition coefficient (Wildman–Crippen LogP) is 2.60. The maximum absolute atomic E-state index is 13.5. The van der Waals surface area contributed by atoms with Crippen molar-refractivity contribution in [1.82, 2.24) is 4.90 Å². The van der Waals surface area contributed by atoms with E-state index in [1.807, 2.05) is 0 Å². The van der Waals surface area contributed by atoms with Gasteiger partial charge >= 0.3 is 0 Å². The van der Waals surface area contributed by atoms with Gasteiger partial charge in [-0.15, -0.1) is 0 Å². The van der Waals surface area contributed by atoms with E-state index in [0.717, 1.165) is 32.4 Å². The lowest BCUT2D eigenvalue weighted by Gasteiger charge is -2.38. The van der Waals surface area contributed by atoms with Gasteiger partial charge in [-0.3, -0.25) is 9.59 Å². The zero-order chi connectivity index (χ0) is 20.4. The van der Waals surface area contributed by atoms with Crippen LogP contribution in [0.4, 0.5) is 5.69 Å². The summed E-state index contributed by atoms with van der Waals surface area (Å²) in [5, 5.41) is 0. The molecule has 2 saturated heterocycles. The zero-order valence-corrected chi connectivity index (χ0v) is 17.1. The Kier molecular flexibility index (Phi) is 5.76. The third-order valence-electron chi connectivity index (χ3n) is 6.12. The molecule has 1 aromatic carbocycles. The Morgan fingerprint density at radius 3 is 2.59 bits per heavy atom. The van der Waals surface area contributed by atoms with Crippen LogP contribution in [0.1, 0.15) is 25.7 Å². The summed E-state index contributed by atoms with van der Waals surface area (Å²) in [7, 11) is 3.09. The Morgan fingerprint density at radius 1 is 1.07 bits per heavy atom. The summed E-state index contributed by atoms with van der Waals surface area (Å²) in [6, 6.07) is 5.17. The molecule has 7 nitrogen and oxygen atoms in total. The van der Waals surface area contributed by atoms with Crippen LogP contribution >= 0.6 is 0 Å². The molecule has 156 valence electrons. The van der Waals surface area contributed by atoms with Gasteiger partial charge in [0.15, 0.2) is 0 Å². The maximum atomic E-state index is 13.5. The van der Waals surface area contributed by atoms with Gasteiger partial charge < -0.3 is 19.1 Å². The monoisotopic (exact) mass is 400 g/mol. The highest BCUT2D eigenvalue weighted by Gasteiger charge is 2.46. The van der Waals surface area contributed by atoms with Gasteiger partial charge in [0.2, 0.25) is 11.8 Å². The van der Waals surface area contributed by atoms with E-state index < -0.39 is 0 Å². The highest BCUT2D eigenvalue weighted by Crippen LogP contribution is 2.43. The highest BCUT2D eigenvalue weighted by atomic mass is 16.5. The lowest BCUT2D eigenvalue weighted by atomic mass is 9.80. The fraction of sp³-hybridized carbons (Fsp3) is 0.545. The molecule has 0 unspecified atom stereocenters. The molecule has 7 heteroatoms. The number of carbonyl (C=O) groups excluding carboxylic acids is 2. The third-order valence-corrected chi connectivity index (χ3v) is 6.12. The molecule has 3 aliphatic rings. The number of morpholine rings is 1. The van der Waals surface area contributed by atoms with Gasteiger partial charge in [0.05, 0.1) is 39.0 Å². The summed E-state index contributed by atoms with van der Waals surface area (Å²) >= 11 is 0. The molecule has 0 aromatic heterocycles. The number of rotatable bonds is 5. The molecule has 0 bridgehead atoms. The molecular weight excluding hydrogens is 372 g/mol. The van der Waals surface area contributed by atoms with E-state index in [1.54, 1.807) is 25.3 Å². The second-order valence-corrected chi connectivity index (χ2v) is 7.68. The minimum atomic E-state index is -0.340. The summed E-state index contributed by atoms with van der Waals surface area (Å²) in [6.07, 6.45) is 5.47. The van der Waals surface area contributed by atoms with Crippen molar-refractivity contribution in [3.63, 3.8) is 0 Å². The molecule has 1 aromatic rings. The molecule has 0 N–H and O–H groups in total. The van der Waals surface area contributed by atoms with Crippen molar-refractivity contribution in [1.29, 1.82) is 0 Å². The molecule has 2 aliphatic heterocycles. The van der Waals surface area contributed by atoms with Gasteiger partial charge in [-0.25, -0.2) is 4.90 Å².